The maximum atomic E-state index is 12.4. The van der Waals surface area contributed by atoms with Crippen molar-refractivity contribution in [2.75, 3.05) is 13.1 Å². The van der Waals surface area contributed by atoms with Crippen LogP contribution in [0.1, 0.15) is 18.7 Å². The number of halogens is 1. The Hall–Kier alpha value is -2.94. The number of ether oxygens (including phenoxy) is 1. The molecule has 0 saturated carbocycles. The number of carbonyl (C=O) groups is 1. The summed E-state index contributed by atoms with van der Waals surface area (Å²) in [6.07, 6.45) is 2.78. The minimum atomic E-state index is -0.0334. The van der Waals surface area contributed by atoms with E-state index in [1.165, 1.54) is 6.33 Å². The lowest BCUT2D eigenvalue weighted by Gasteiger charge is -2.17. The molecule has 1 amide bonds. The predicted octanol–water partition coefficient (Wildman–Crippen LogP) is 2.12. The number of nitrogens with one attached hydrogen (secondary N) is 1. The fraction of sp³-hybridized carbons (Fsp3) is 0.353. The summed E-state index contributed by atoms with van der Waals surface area (Å²) in [5.41, 5.74) is 0. The number of carbonyl (C=O) groups excluding carboxylic acids is 1. The molecule has 140 valence electrons. The Bertz CT molecular complexity index is 913. The highest BCUT2D eigenvalue weighted by Gasteiger charge is 2.27. The van der Waals surface area contributed by atoms with Crippen molar-refractivity contribution < 1.29 is 14.1 Å². The van der Waals surface area contributed by atoms with Gasteiger partial charge in [-0.3, -0.25) is 9.89 Å². The molecular formula is C17H17ClN6O3. The van der Waals surface area contributed by atoms with Crippen LogP contribution in [0.2, 0.25) is 5.02 Å². The maximum absolute atomic E-state index is 12.4. The van der Waals surface area contributed by atoms with Gasteiger partial charge in [-0.15, -0.1) is 0 Å². The van der Waals surface area contributed by atoms with Crippen molar-refractivity contribution in [2.24, 2.45) is 0 Å². The third kappa shape index (κ3) is 4.25. The number of hydrogen-bond donors (Lipinski definition) is 1. The van der Waals surface area contributed by atoms with E-state index in [1.807, 2.05) is 12.1 Å². The van der Waals surface area contributed by atoms with E-state index in [4.69, 9.17) is 20.9 Å². The summed E-state index contributed by atoms with van der Waals surface area (Å²) in [5.74, 6) is 1.89. The Labute approximate surface area is 159 Å². The molecule has 4 rings (SSSR count). The molecule has 27 heavy (non-hydrogen) atoms. The first-order chi connectivity index (χ1) is 13.2. The van der Waals surface area contributed by atoms with Crippen LogP contribution in [0.4, 0.5) is 0 Å². The second kappa shape index (κ2) is 7.75. The number of nitrogens with zero attached hydrogens (tertiary/aromatic N) is 5. The molecule has 1 saturated heterocycles. The van der Waals surface area contributed by atoms with Gasteiger partial charge in [-0.1, -0.05) is 22.8 Å². The van der Waals surface area contributed by atoms with E-state index in [9.17, 15) is 4.79 Å². The summed E-state index contributed by atoms with van der Waals surface area (Å²) in [5, 5.41) is 10.9. The highest BCUT2D eigenvalue weighted by atomic mass is 35.5. The number of hydrogen-bond acceptors (Lipinski definition) is 7. The average molecular weight is 389 g/mol. The van der Waals surface area contributed by atoms with Crippen molar-refractivity contribution in [3.63, 3.8) is 0 Å². The third-order valence-electron chi connectivity index (χ3n) is 4.24. The molecule has 1 unspecified atom stereocenters. The largest absolute Gasteiger partial charge is 0.488 e. The first-order valence-electron chi connectivity index (χ1n) is 8.56. The third-order valence-corrected chi connectivity index (χ3v) is 4.48. The second-order valence-electron chi connectivity index (χ2n) is 6.17. The van der Waals surface area contributed by atoms with E-state index < -0.39 is 0 Å². The van der Waals surface area contributed by atoms with Crippen molar-refractivity contribution >= 4 is 17.5 Å². The number of aromatic amines is 1. The SMILES string of the molecule is O=C(CCc1nc(-c2ncn[nH]2)no1)N1CCC(Oc2cccc(Cl)c2)C1. The molecule has 3 heterocycles. The number of amides is 1. The Morgan fingerprint density at radius 3 is 3.19 bits per heavy atom. The number of H-pyrrole nitrogens is 1. The molecule has 0 radical (unpaired) electrons. The van der Waals surface area contributed by atoms with Gasteiger partial charge in [-0.25, -0.2) is 4.98 Å². The second-order valence-corrected chi connectivity index (χ2v) is 6.61. The molecule has 1 atom stereocenters. The van der Waals surface area contributed by atoms with Gasteiger partial charge in [0.15, 0.2) is 5.82 Å². The summed E-state index contributed by atoms with van der Waals surface area (Å²) in [6, 6.07) is 7.27. The molecule has 1 fully saturated rings. The number of rotatable bonds is 6. The van der Waals surface area contributed by atoms with Crippen LogP contribution in [0.15, 0.2) is 35.1 Å². The fourth-order valence-electron chi connectivity index (χ4n) is 2.92. The Kier molecular flexibility index (Phi) is 5.01. The molecule has 1 aromatic carbocycles. The Morgan fingerprint density at radius 2 is 2.37 bits per heavy atom. The molecule has 0 spiro atoms. The van der Waals surface area contributed by atoms with Crippen molar-refractivity contribution in [1.29, 1.82) is 0 Å². The maximum Gasteiger partial charge on any atom is 0.239 e. The van der Waals surface area contributed by atoms with E-state index in [-0.39, 0.29) is 12.0 Å². The van der Waals surface area contributed by atoms with E-state index in [0.29, 0.717) is 54.2 Å². The van der Waals surface area contributed by atoms with E-state index in [1.54, 1.807) is 17.0 Å². The molecule has 10 heteroatoms. The van der Waals surface area contributed by atoms with Crippen molar-refractivity contribution in [1.82, 2.24) is 30.2 Å². The minimum absolute atomic E-state index is 0.0334. The van der Waals surface area contributed by atoms with E-state index in [2.05, 4.69) is 25.3 Å². The normalized spacial score (nSPS) is 16.6. The number of likely N-dealkylation sites (tertiary alicyclic amines) is 1. The van der Waals surface area contributed by atoms with Gasteiger partial charge in [0.2, 0.25) is 17.6 Å². The van der Waals surface area contributed by atoms with Gasteiger partial charge in [0.05, 0.1) is 6.54 Å². The zero-order chi connectivity index (χ0) is 18.6. The summed E-state index contributed by atoms with van der Waals surface area (Å²) >= 11 is 5.97. The number of benzene rings is 1. The molecular weight excluding hydrogens is 372 g/mol. The summed E-state index contributed by atoms with van der Waals surface area (Å²) in [7, 11) is 0. The molecule has 3 aromatic rings. The predicted molar refractivity (Wildman–Crippen MR) is 95.1 cm³/mol. The Morgan fingerprint density at radius 1 is 1.44 bits per heavy atom. The summed E-state index contributed by atoms with van der Waals surface area (Å²) in [6.45, 7) is 1.22. The van der Waals surface area contributed by atoms with Crippen molar-refractivity contribution in [2.45, 2.75) is 25.4 Å². The van der Waals surface area contributed by atoms with Gasteiger partial charge in [0.1, 0.15) is 18.2 Å². The molecule has 9 nitrogen and oxygen atoms in total. The summed E-state index contributed by atoms with van der Waals surface area (Å²) < 4.78 is 11.1. The lowest BCUT2D eigenvalue weighted by molar-refractivity contribution is -0.130. The van der Waals surface area contributed by atoms with Crippen molar-refractivity contribution in [3.05, 3.63) is 41.5 Å². The van der Waals surface area contributed by atoms with Crippen LogP contribution in [-0.4, -0.2) is 55.3 Å². The number of aryl methyl sites for hydroxylation is 1. The highest BCUT2D eigenvalue weighted by Crippen LogP contribution is 2.22. The van der Waals surface area contributed by atoms with Gasteiger partial charge >= 0.3 is 0 Å². The fourth-order valence-corrected chi connectivity index (χ4v) is 3.10. The quantitative estimate of drug-likeness (QED) is 0.688. The molecule has 1 N–H and O–H groups in total. The van der Waals surface area contributed by atoms with Gasteiger partial charge in [0, 0.05) is 30.8 Å². The van der Waals surface area contributed by atoms with Crippen molar-refractivity contribution in [3.8, 4) is 17.4 Å². The molecule has 0 bridgehead atoms. The van der Waals surface area contributed by atoms with Crippen LogP contribution in [0.3, 0.4) is 0 Å². The lowest BCUT2D eigenvalue weighted by atomic mass is 10.3. The first-order valence-corrected chi connectivity index (χ1v) is 8.93. The minimum Gasteiger partial charge on any atom is -0.488 e. The zero-order valence-corrected chi connectivity index (χ0v) is 15.1. The van der Waals surface area contributed by atoms with Gasteiger partial charge < -0.3 is 14.2 Å². The van der Waals surface area contributed by atoms with Gasteiger partial charge in [0.25, 0.3) is 0 Å². The van der Waals surface area contributed by atoms with E-state index in [0.717, 1.165) is 6.42 Å². The molecule has 1 aliphatic heterocycles. The lowest BCUT2D eigenvalue weighted by Crippen LogP contribution is -2.31. The summed E-state index contributed by atoms with van der Waals surface area (Å²) in [4.78, 5) is 22.4. The van der Waals surface area contributed by atoms with Gasteiger partial charge in [-0.05, 0) is 18.2 Å². The molecule has 0 aliphatic carbocycles. The monoisotopic (exact) mass is 388 g/mol. The molecule has 1 aliphatic rings. The molecule has 2 aromatic heterocycles. The van der Waals surface area contributed by atoms with Crippen LogP contribution in [0.25, 0.3) is 11.6 Å². The van der Waals surface area contributed by atoms with Crippen LogP contribution in [0.5, 0.6) is 5.75 Å². The highest BCUT2D eigenvalue weighted by molar-refractivity contribution is 6.30. The van der Waals surface area contributed by atoms with Crippen LogP contribution < -0.4 is 4.74 Å². The van der Waals surface area contributed by atoms with Crippen LogP contribution in [-0.2, 0) is 11.2 Å². The smallest absolute Gasteiger partial charge is 0.239 e. The van der Waals surface area contributed by atoms with E-state index >= 15 is 0 Å². The standard InChI is InChI=1S/C17H17ClN6O3/c18-11-2-1-3-12(8-11)26-13-6-7-24(9-13)15(25)5-4-14-21-17(23-27-14)16-19-10-20-22-16/h1-3,8,10,13H,4-7,9H2,(H,19,20,22). The van der Waals surface area contributed by atoms with Gasteiger partial charge in [-0.2, -0.15) is 10.1 Å². The Balaban J connectivity index is 1.27. The average Bonchev–Trinajstić information content (AvgIpc) is 3.40. The first kappa shape index (κ1) is 17.5. The van der Waals surface area contributed by atoms with Crippen LogP contribution in [0, 0.1) is 0 Å². The zero-order valence-electron chi connectivity index (χ0n) is 14.3. The topological polar surface area (TPSA) is 110 Å². The number of aromatic nitrogens is 5. The van der Waals surface area contributed by atoms with Crippen LogP contribution >= 0.6 is 11.6 Å².